The van der Waals surface area contributed by atoms with E-state index in [0.29, 0.717) is 16.3 Å². The minimum atomic E-state index is -3.58. The molecule has 0 unspecified atom stereocenters. The fourth-order valence-corrected chi connectivity index (χ4v) is 3.72. The number of sulfonamides is 1. The lowest BCUT2D eigenvalue weighted by Crippen LogP contribution is -2.23. The zero-order valence-corrected chi connectivity index (χ0v) is 12.1. The molecule has 8 heteroatoms. The SMILES string of the molecule is Cc1noc(C)c1CNS(=O)(=O)c1csc(CO)c1. The zero-order chi connectivity index (χ0) is 14.0. The summed E-state index contributed by atoms with van der Waals surface area (Å²) >= 11 is 1.21. The van der Waals surface area contributed by atoms with E-state index >= 15 is 0 Å². The van der Waals surface area contributed by atoms with Crippen LogP contribution < -0.4 is 4.72 Å². The van der Waals surface area contributed by atoms with E-state index in [9.17, 15) is 8.42 Å². The number of nitrogens with one attached hydrogen (secondary N) is 1. The molecule has 0 aliphatic carbocycles. The van der Waals surface area contributed by atoms with E-state index in [0.717, 1.165) is 5.56 Å². The molecule has 0 aromatic carbocycles. The molecule has 2 aromatic heterocycles. The highest BCUT2D eigenvalue weighted by Gasteiger charge is 2.18. The van der Waals surface area contributed by atoms with Crippen LogP contribution in [0.25, 0.3) is 0 Å². The molecule has 104 valence electrons. The van der Waals surface area contributed by atoms with Crippen molar-refractivity contribution in [3.05, 3.63) is 33.3 Å². The lowest BCUT2D eigenvalue weighted by atomic mass is 10.2. The highest BCUT2D eigenvalue weighted by molar-refractivity contribution is 7.89. The molecule has 0 aliphatic heterocycles. The van der Waals surface area contributed by atoms with Crippen molar-refractivity contribution in [1.29, 1.82) is 0 Å². The fraction of sp³-hybridized carbons (Fsp3) is 0.364. The van der Waals surface area contributed by atoms with Crippen LogP contribution in [0.5, 0.6) is 0 Å². The Hall–Kier alpha value is -1.22. The molecule has 19 heavy (non-hydrogen) atoms. The molecule has 0 fully saturated rings. The first-order valence-corrected chi connectivity index (χ1v) is 7.90. The third-order valence-electron chi connectivity index (χ3n) is 2.72. The summed E-state index contributed by atoms with van der Waals surface area (Å²) in [5, 5.41) is 14.2. The van der Waals surface area contributed by atoms with Crippen LogP contribution in [0.15, 0.2) is 20.9 Å². The average Bonchev–Trinajstić information content (AvgIpc) is 2.96. The van der Waals surface area contributed by atoms with Crippen LogP contribution >= 0.6 is 11.3 Å². The molecule has 0 radical (unpaired) electrons. The molecule has 2 N–H and O–H groups in total. The van der Waals surface area contributed by atoms with Crippen LogP contribution in [0.4, 0.5) is 0 Å². The van der Waals surface area contributed by atoms with Gasteiger partial charge in [0.2, 0.25) is 10.0 Å². The minimum Gasteiger partial charge on any atom is -0.391 e. The maximum Gasteiger partial charge on any atom is 0.241 e. The number of thiophene rings is 1. The summed E-state index contributed by atoms with van der Waals surface area (Å²) in [7, 11) is -3.58. The van der Waals surface area contributed by atoms with E-state index in [2.05, 4.69) is 9.88 Å². The molecule has 0 spiro atoms. The largest absolute Gasteiger partial charge is 0.391 e. The highest BCUT2D eigenvalue weighted by Crippen LogP contribution is 2.20. The Morgan fingerprint density at radius 2 is 2.21 bits per heavy atom. The van der Waals surface area contributed by atoms with Gasteiger partial charge in [-0.2, -0.15) is 0 Å². The fourth-order valence-electron chi connectivity index (χ4n) is 1.59. The van der Waals surface area contributed by atoms with Crippen molar-refractivity contribution in [1.82, 2.24) is 9.88 Å². The van der Waals surface area contributed by atoms with Crippen LogP contribution in [-0.4, -0.2) is 18.7 Å². The maximum absolute atomic E-state index is 12.0. The number of aryl methyl sites for hydroxylation is 2. The quantitative estimate of drug-likeness (QED) is 0.869. The molecule has 0 saturated carbocycles. The first-order chi connectivity index (χ1) is 8.94. The molecule has 0 atom stereocenters. The Morgan fingerprint density at radius 1 is 1.47 bits per heavy atom. The Bertz CT molecular complexity index is 653. The Morgan fingerprint density at radius 3 is 2.74 bits per heavy atom. The van der Waals surface area contributed by atoms with Crippen molar-refractivity contribution < 1.29 is 18.0 Å². The summed E-state index contributed by atoms with van der Waals surface area (Å²) in [5.74, 6) is 0.599. The van der Waals surface area contributed by atoms with E-state index < -0.39 is 10.0 Å². The minimum absolute atomic E-state index is 0.133. The molecule has 0 bridgehead atoms. The van der Waals surface area contributed by atoms with Crippen LogP contribution in [0, 0.1) is 13.8 Å². The van der Waals surface area contributed by atoms with Gasteiger partial charge in [0.25, 0.3) is 0 Å². The topological polar surface area (TPSA) is 92.4 Å². The summed E-state index contributed by atoms with van der Waals surface area (Å²) in [6, 6.07) is 1.46. The summed E-state index contributed by atoms with van der Waals surface area (Å²) in [6.07, 6.45) is 0. The van der Waals surface area contributed by atoms with E-state index in [1.165, 1.54) is 22.8 Å². The zero-order valence-electron chi connectivity index (χ0n) is 10.5. The smallest absolute Gasteiger partial charge is 0.241 e. The summed E-state index contributed by atoms with van der Waals surface area (Å²) < 4.78 is 31.6. The molecule has 2 rings (SSSR count). The van der Waals surface area contributed by atoms with Crippen molar-refractivity contribution in [2.45, 2.75) is 31.9 Å². The van der Waals surface area contributed by atoms with Crippen molar-refractivity contribution in [3.8, 4) is 0 Å². The van der Waals surface area contributed by atoms with Crippen LogP contribution in [0.1, 0.15) is 21.9 Å². The van der Waals surface area contributed by atoms with E-state index in [1.807, 2.05) is 0 Å². The van der Waals surface area contributed by atoms with Gasteiger partial charge in [-0.15, -0.1) is 11.3 Å². The molecule has 0 saturated heterocycles. The summed E-state index contributed by atoms with van der Waals surface area (Å²) in [6.45, 7) is 3.46. The first kappa shape index (κ1) is 14.2. The van der Waals surface area contributed by atoms with Gasteiger partial charge < -0.3 is 9.63 Å². The molecule has 2 aromatic rings. The van der Waals surface area contributed by atoms with Gasteiger partial charge in [-0.25, -0.2) is 13.1 Å². The van der Waals surface area contributed by atoms with Gasteiger partial charge >= 0.3 is 0 Å². The molecule has 0 amide bonds. The second-order valence-electron chi connectivity index (χ2n) is 4.03. The predicted octanol–water partition coefficient (Wildman–Crippen LogP) is 1.32. The molecular weight excluding hydrogens is 288 g/mol. The second kappa shape index (κ2) is 5.41. The predicted molar refractivity (Wildman–Crippen MR) is 70.2 cm³/mol. The van der Waals surface area contributed by atoms with Gasteiger partial charge in [-0.1, -0.05) is 5.16 Å². The molecular formula is C11H14N2O4S2. The second-order valence-corrected chi connectivity index (χ2v) is 6.80. The molecule has 0 aliphatic rings. The number of hydrogen-bond acceptors (Lipinski definition) is 6. The van der Waals surface area contributed by atoms with Gasteiger partial charge in [0, 0.05) is 22.4 Å². The number of hydrogen-bond donors (Lipinski definition) is 2. The summed E-state index contributed by atoms with van der Waals surface area (Å²) in [4.78, 5) is 0.769. The average molecular weight is 302 g/mol. The van der Waals surface area contributed by atoms with Crippen LogP contribution in [-0.2, 0) is 23.2 Å². The van der Waals surface area contributed by atoms with Crippen molar-refractivity contribution in [3.63, 3.8) is 0 Å². The van der Waals surface area contributed by atoms with E-state index in [4.69, 9.17) is 9.63 Å². The Kier molecular flexibility index (Phi) is 4.04. The van der Waals surface area contributed by atoms with Crippen LogP contribution in [0.3, 0.4) is 0 Å². The van der Waals surface area contributed by atoms with Crippen molar-refractivity contribution >= 4 is 21.4 Å². The standard InChI is InChI=1S/C11H14N2O4S2/c1-7-11(8(2)17-13-7)4-12-19(15,16)10-3-9(5-14)18-6-10/h3,6,12,14H,4-5H2,1-2H3. The van der Waals surface area contributed by atoms with Gasteiger partial charge in [0.15, 0.2) is 0 Å². The Balaban J connectivity index is 2.14. The molecule has 6 nitrogen and oxygen atoms in total. The van der Waals surface area contributed by atoms with E-state index in [1.54, 1.807) is 13.8 Å². The number of aliphatic hydroxyl groups excluding tert-OH is 1. The van der Waals surface area contributed by atoms with Crippen LogP contribution in [0.2, 0.25) is 0 Å². The first-order valence-electron chi connectivity index (χ1n) is 5.53. The van der Waals surface area contributed by atoms with Crippen molar-refractivity contribution in [2.24, 2.45) is 0 Å². The molecule has 2 heterocycles. The number of nitrogens with zero attached hydrogens (tertiary/aromatic N) is 1. The third-order valence-corrected chi connectivity index (χ3v) is 5.17. The van der Waals surface area contributed by atoms with Crippen molar-refractivity contribution in [2.75, 3.05) is 0 Å². The van der Waals surface area contributed by atoms with Gasteiger partial charge in [-0.05, 0) is 19.9 Å². The monoisotopic (exact) mass is 302 g/mol. The van der Waals surface area contributed by atoms with Gasteiger partial charge in [0.1, 0.15) is 5.76 Å². The van der Waals surface area contributed by atoms with E-state index in [-0.39, 0.29) is 18.0 Å². The lowest BCUT2D eigenvalue weighted by molar-refractivity contribution is 0.285. The normalized spacial score (nSPS) is 11.9. The Labute approximate surface area is 115 Å². The van der Waals surface area contributed by atoms with Gasteiger partial charge in [-0.3, -0.25) is 0 Å². The number of aliphatic hydroxyl groups is 1. The number of rotatable bonds is 5. The summed E-state index contributed by atoms with van der Waals surface area (Å²) in [5.41, 5.74) is 1.41. The third kappa shape index (κ3) is 3.03. The maximum atomic E-state index is 12.0. The van der Waals surface area contributed by atoms with Gasteiger partial charge in [0.05, 0.1) is 17.2 Å². The highest BCUT2D eigenvalue weighted by atomic mass is 32.2. The lowest BCUT2D eigenvalue weighted by Gasteiger charge is -2.04. The number of aromatic nitrogens is 1.